The van der Waals surface area contributed by atoms with Gasteiger partial charge < -0.3 is 9.84 Å². The zero-order valence-electron chi connectivity index (χ0n) is 10.8. The lowest BCUT2D eigenvalue weighted by atomic mass is 9.95. The molecule has 0 saturated carbocycles. The van der Waals surface area contributed by atoms with Crippen molar-refractivity contribution >= 4 is 5.97 Å². The maximum absolute atomic E-state index is 11.0. The third-order valence-electron chi connectivity index (χ3n) is 2.57. The third kappa shape index (κ3) is 3.44. The van der Waals surface area contributed by atoms with Gasteiger partial charge in [-0.1, -0.05) is 6.92 Å². The van der Waals surface area contributed by atoms with E-state index in [0.717, 1.165) is 17.8 Å². The lowest BCUT2D eigenvalue weighted by Gasteiger charge is -2.20. The first-order valence-electron chi connectivity index (χ1n) is 5.69. The molecule has 17 heavy (non-hydrogen) atoms. The van der Waals surface area contributed by atoms with Crippen LogP contribution in [-0.4, -0.2) is 22.7 Å². The van der Waals surface area contributed by atoms with Crippen molar-refractivity contribution in [1.82, 2.24) is 4.98 Å². The van der Waals surface area contributed by atoms with E-state index in [9.17, 15) is 4.79 Å². The van der Waals surface area contributed by atoms with E-state index >= 15 is 0 Å². The Morgan fingerprint density at radius 3 is 2.65 bits per heavy atom. The molecule has 1 aromatic rings. The highest BCUT2D eigenvalue weighted by Gasteiger charge is 2.28. The lowest BCUT2D eigenvalue weighted by molar-refractivity contribution is -0.148. The fourth-order valence-electron chi connectivity index (χ4n) is 1.30. The second kappa shape index (κ2) is 5.17. The number of nitrogens with zero attached hydrogens (tertiary/aromatic N) is 1. The Kier molecular flexibility index (Phi) is 4.10. The third-order valence-corrected chi connectivity index (χ3v) is 2.57. The predicted molar refractivity (Wildman–Crippen MR) is 65.3 cm³/mol. The highest BCUT2D eigenvalue weighted by atomic mass is 16.5. The first-order chi connectivity index (χ1) is 7.86. The summed E-state index contributed by atoms with van der Waals surface area (Å²) in [6.45, 7) is 7.34. The molecule has 4 nitrogen and oxygen atoms in total. The molecule has 0 aliphatic carbocycles. The highest BCUT2D eigenvalue weighted by molar-refractivity contribution is 5.73. The summed E-state index contributed by atoms with van der Waals surface area (Å²) in [6, 6.07) is 3.71. The van der Waals surface area contributed by atoms with Crippen LogP contribution in [0.1, 0.15) is 32.2 Å². The van der Waals surface area contributed by atoms with Gasteiger partial charge in [-0.25, -0.2) is 0 Å². The smallest absolute Gasteiger partial charge is 0.312 e. The maximum atomic E-state index is 11.0. The van der Waals surface area contributed by atoms with E-state index in [0.29, 0.717) is 5.75 Å². The minimum absolute atomic E-state index is 0.139. The molecule has 0 spiro atoms. The fourth-order valence-corrected chi connectivity index (χ4v) is 1.30. The number of pyridine rings is 1. The van der Waals surface area contributed by atoms with Crippen LogP contribution in [0, 0.1) is 12.3 Å². The number of carboxylic acid groups (broad SMARTS) is 1. The van der Waals surface area contributed by atoms with Gasteiger partial charge >= 0.3 is 5.97 Å². The van der Waals surface area contributed by atoms with E-state index in [1.54, 1.807) is 13.8 Å². The van der Waals surface area contributed by atoms with Gasteiger partial charge in [-0.2, -0.15) is 0 Å². The quantitative estimate of drug-likeness (QED) is 0.854. The average Bonchev–Trinajstić information content (AvgIpc) is 2.27. The number of carbonyl (C=O) groups is 1. The van der Waals surface area contributed by atoms with Crippen LogP contribution in [0.3, 0.4) is 0 Å². The van der Waals surface area contributed by atoms with Gasteiger partial charge in [0.25, 0.3) is 0 Å². The molecule has 0 amide bonds. The maximum Gasteiger partial charge on any atom is 0.312 e. The number of carboxylic acids is 1. The Hall–Kier alpha value is -1.58. The van der Waals surface area contributed by atoms with E-state index < -0.39 is 11.4 Å². The number of ether oxygens (including phenoxy) is 1. The van der Waals surface area contributed by atoms with Crippen molar-refractivity contribution in [3.63, 3.8) is 0 Å². The van der Waals surface area contributed by atoms with E-state index in [1.165, 1.54) is 0 Å². The molecule has 0 radical (unpaired) electrons. The molecule has 0 atom stereocenters. The molecular formula is C13H19NO3. The van der Waals surface area contributed by atoms with Gasteiger partial charge in [-0.15, -0.1) is 0 Å². The van der Waals surface area contributed by atoms with Gasteiger partial charge in [0.1, 0.15) is 12.4 Å². The zero-order chi connectivity index (χ0) is 13.1. The molecule has 0 bridgehead atoms. The summed E-state index contributed by atoms with van der Waals surface area (Å²) in [5, 5.41) is 8.99. The van der Waals surface area contributed by atoms with Crippen molar-refractivity contribution in [3.05, 3.63) is 23.5 Å². The minimum Gasteiger partial charge on any atom is -0.491 e. The van der Waals surface area contributed by atoms with Gasteiger partial charge in [0, 0.05) is 5.69 Å². The highest BCUT2D eigenvalue weighted by Crippen LogP contribution is 2.22. The van der Waals surface area contributed by atoms with Crippen molar-refractivity contribution in [2.75, 3.05) is 6.61 Å². The van der Waals surface area contributed by atoms with Crippen molar-refractivity contribution in [2.24, 2.45) is 5.41 Å². The molecule has 0 aromatic carbocycles. The SMILES string of the molecule is CCc1nc(C)ccc1OCC(C)(C)C(=O)O. The molecule has 0 fully saturated rings. The first kappa shape index (κ1) is 13.5. The van der Waals surface area contributed by atoms with Crippen LogP contribution >= 0.6 is 0 Å². The number of hydrogen-bond acceptors (Lipinski definition) is 3. The zero-order valence-corrected chi connectivity index (χ0v) is 10.8. The monoisotopic (exact) mass is 237 g/mol. The Labute approximate surface area is 102 Å². The standard InChI is InChI=1S/C13H19NO3/c1-5-10-11(7-6-9(2)14-10)17-8-13(3,4)12(15)16/h6-7H,5,8H2,1-4H3,(H,15,16). The molecule has 0 aliphatic rings. The van der Waals surface area contributed by atoms with Crippen molar-refractivity contribution in [3.8, 4) is 5.75 Å². The molecule has 1 N–H and O–H groups in total. The van der Waals surface area contributed by atoms with Gasteiger partial charge in [-0.3, -0.25) is 9.78 Å². The molecular weight excluding hydrogens is 218 g/mol. The van der Waals surface area contributed by atoms with E-state index in [-0.39, 0.29) is 6.61 Å². The number of aryl methyl sites for hydroxylation is 2. The molecule has 4 heteroatoms. The number of hydrogen-bond donors (Lipinski definition) is 1. The van der Waals surface area contributed by atoms with Crippen molar-refractivity contribution < 1.29 is 14.6 Å². The van der Waals surface area contributed by atoms with Crippen LogP contribution < -0.4 is 4.74 Å². The van der Waals surface area contributed by atoms with Crippen LogP contribution in [0.15, 0.2) is 12.1 Å². The summed E-state index contributed by atoms with van der Waals surface area (Å²) in [4.78, 5) is 15.3. The Morgan fingerprint density at radius 1 is 1.47 bits per heavy atom. The van der Waals surface area contributed by atoms with Gasteiger partial charge in [0.2, 0.25) is 0 Å². The molecule has 0 aliphatic heterocycles. The summed E-state index contributed by atoms with van der Waals surface area (Å²) >= 11 is 0. The van der Waals surface area contributed by atoms with Crippen LogP contribution in [0.2, 0.25) is 0 Å². The van der Waals surface area contributed by atoms with Gasteiger partial charge in [0.15, 0.2) is 0 Å². The summed E-state index contributed by atoms with van der Waals surface area (Å²) < 4.78 is 5.57. The first-order valence-corrected chi connectivity index (χ1v) is 5.69. The number of rotatable bonds is 5. The minimum atomic E-state index is -0.893. The molecule has 1 rings (SSSR count). The van der Waals surface area contributed by atoms with E-state index in [1.807, 2.05) is 26.0 Å². The second-order valence-electron chi connectivity index (χ2n) is 4.73. The van der Waals surface area contributed by atoms with Crippen LogP contribution in [-0.2, 0) is 11.2 Å². The van der Waals surface area contributed by atoms with Crippen LogP contribution in [0.25, 0.3) is 0 Å². The lowest BCUT2D eigenvalue weighted by Crippen LogP contribution is -2.30. The summed E-state index contributed by atoms with van der Waals surface area (Å²) in [5.41, 5.74) is 0.911. The molecule has 94 valence electrons. The van der Waals surface area contributed by atoms with Gasteiger partial charge in [0.05, 0.1) is 11.1 Å². The normalized spacial score (nSPS) is 11.3. The van der Waals surface area contributed by atoms with Crippen molar-refractivity contribution in [1.29, 1.82) is 0 Å². The second-order valence-corrected chi connectivity index (χ2v) is 4.73. The van der Waals surface area contributed by atoms with Gasteiger partial charge in [-0.05, 0) is 39.3 Å². The molecule has 0 unspecified atom stereocenters. The molecule has 0 saturated heterocycles. The predicted octanol–water partition coefficient (Wildman–Crippen LogP) is 2.44. The average molecular weight is 237 g/mol. The fraction of sp³-hybridized carbons (Fsp3) is 0.538. The molecule has 1 heterocycles. The van der Waals surface area contributed by atoms with Crippen LogP contribution in [0.4, 0.5) is 0 Å². The summed E-state index contributed by atoms with van der Waals surface area (Å²) in [7, 11) is 0. The van der Waals surface area contributed by atoms with E-state index in [4.69, 9.17) is 9.84 Å². The Morgan fingerprint density at radius 2 is 2.12 bits per heavy atom. The Balaban J connectivity index is 2.79. The number of aromatic nitrogens is 1. The van der Waals surface area contributed by atoms with Crippen molar-refractivity contribution in [2.45, 2.75) is 34.1 Å². The summed E-state index contributed by atoms with van der Waals surface area (Å²) in [6.07, 6.45) is 0.768. The largest absolute Gasteiger partial charge is 0.491 e. The van der Waals surface area contributed by atoms with Crippen LogP contribution in [0.5, 0.6) is 5.75 Å². The molecule has 1 aromatic heterocycles. The van der Waals surface area contributed by atoms with E-state index in [2.05, 4.69) is 4.98 Å². The Bertz CT molecular complexity index is 413. The summed E-state index contributed by atoms with van der Waals surface area (Å²) in [5.74, 6) is -0.192. The number of aliphatic carboxylic acids is 1. The topological polar surface area (TPSA) is 59.4 Å².